The van der Waals surface area contributed by atoms with Gasteiger partial charge in [-0.1, -0.05) is 41.0 Å². The zero-order valence-electron chi connectivity index (χ0n) is 20.7. The van der Waals surface area contributed by atoms with E-state index in [0.29, 0.717) is 32.4 Å². The number of imide groups is 1. The van der Waals surface area contributed by atoms with Gasteiger partial charge in [0.25, 0.3) is 0 Å². The fourth-order valence-corrected chi connectivity index (χ4v) is 6.14. The van der Waals surface area contributed by atoms with Crippen molar-refractivity contribution in [2.75, 3.05) is 10.6 Å². The molecule has 2 N–H and O–H groups in total. The van der Waals surface area contributed by atoms with Crippen LogP contribution >= 0.6 is 35.0 Å². The number of rotatable bonds is 7. The molecule has 2 heterocycles. The van der Waals surface area contributed by atoms with Crippen molar-refractivity contribution in [3.05, 3.63) is 86.4 Å². The van der Waals surface area contributed by atoms with Crippen LogP contribution < -0.4 is 10.6 Å². The Morgan fingerprint density at radius 1 is 1.05 bits per heavy atom. The van der Waals surface area contributed by atoms with Crippen LogP contribution in [0.4, 0.5) is 11.5 Å². The molecule has 1 aliphatic carbocycles. The Kier molecular flexibility index (Phi) is 7.64. The van der Waals surface area contributed by atoms with Crippen LogP contribution in [0.5, 0.6) is 0 Å². The number of benzene rings is 2. The van der Waals surface area contributed by atoms with Crippen LogP contribution in [-0.4, -0.2) is 27.8 Å². The Morgan fingerprint density at radius 3 is 2.30 bits per heavy atom. The summed E-state index contributed by atoms with van der Waals surface area (Å²) in [6.45, 7) is 0. The third-order valence-corrected chi connectivity index (χ3v) is 8.44. The lowest BCUT2D eigenvalue weighted by molar-refractivity contribution is -0.121. The minimum Gasteiger partial charge on any atom is -0.383 e. The van der Waals surface area contributed by atoms with E-state index >= 15 is 0 Å². The lowest BCUT2D eigenvalue weighted by atomic mass is 10.0. The molecule has 1 saturated heterocycles. The number of anilines is 2. The summed E-state index contributed by atoms with van der Waals surface area (Å²) in [7, 11) is 0. The maximum absolute atomic E-state index is 13.3. The minimum absolute atomic E-state index is 0.00522. The third kappa shape index (κ3) is 5.20. The number of aromatic nitrogens is 1. The normalized spacial score (nSPS) is 16.8. The lowest BCUT2D eigenvalue weighted by Crippen LogP contribution is -2.31. The number of hydrogen-bond acceptors (Lipinski definition) is 8. The fourth-order valence-electron chi connectivity index (χ4n) is 4.49. The average Bonchev–Trinajstić information content (AvgIpc) is 3.73. The Bertz CT molecular complexity index is 1670. The van der Waals surface area contributed by atoms with Crippen molar-refractivity contribution >= 4 is 70.1 Å². The fraction of sp³-hybridized carbons (Fsp3) is 0.172. The van der Waals surface area contributed by atoms with Gasteiger partial charge in [0.2, 0.25) is 11.8 Å². The Morgan fingerprint density at radius 2 is 1.70 bits per heavy atom. The molecule has 198 valence electrons. The van der Waals surface area contributed by atoms with E-state index in [4.69, 9.17) is 28.9 Å². The number of nitrogens with zero attached hydrogens (tertiary/aromatic N) is 4. The van der Waals surface area contributed by atoms with Gasteiger partial charge in [-0.15, -0.1) is 0 Å². The van der Waals surface area contributed by atoms with Gasteiger partial charge in [0, 0.05) is 27.6 Å². The predicted octanol–water partition coefficient (Wildman–Crippen LogP) is 5.91. The first-order chi connectivity index (χ1) is 19.2. The second kappa shape index (κ2) is 11.1. The zero-order valence-corrected chi connectivity index (χ0v) is 23.1. The number of allylic oxidation sites excluding steroid dienone is 1. The summed E-state index contributed by atoms with van der Waals surface area (Å²) in [5.74, 6) is -1.13. The number of carbonyl (C=O) groups excluding carboxylic acids is 3. The van der Waals surface area contributed by atoms with Crippen LogP contribution in [-0.2, 0) is 9.59 Å². The van der Waals surface area contributed by atoms with E-state index in [1.165, 1.54) is 36.4 Å². The van der Waals surface area contributed by atoms with Crippen molar-refractivity contribution in [2.24, 2.45) is 0 Å². The number of halogens is 2. The quantitative estimate of drug-likeness (QED) is 0.204. The van der Waals surface area contributed by atoms with Crippen LogP contribution in [0.3, 0.4) is 0 Å². The van der Waals surface area contributed by atoms with Crippen LogP contribution in [0.1, 0.15) is 57.8 Å². The van der Waals surface area contributed by atoms with E-state index in [9.17, 15) is 24.9 Å². The van der Waals surface area contributed by atoms with Gasteiger partial charge in [-0.25, -0.2) is 9.88 Å². The molecular weight excluding hydrogens is 569 g/mol. The summed E-state index contributed by atoms with van der Waals surface area (Å²) in [6, 6.07) is 15.3. The van der Waals surface area contributed by atoms with Crippen molar-refractivity contribution in [3.63, 3.8) is 0 Å². The minimum atomic E-state index is -0.823. The molecule has 2 fully saturated rings. The Hall–Kier alpha value is -4.15. The molecule has 2 aliphatic rings. The highest BCUT2D eigenvalue weighted by atomic mass is 35.5. The van der Waals surface area contributed by atoms with E-state index < -0.39 is 17.1 Å². The van der Waals surface area contributed by atoms with Crippen LogP contribution in [0.15, 0.2) is 53.6 Å². The number of pyridine rings is 1. The number of nitriles is 2. The van der Waals surface area contributed by atoms with Gasteiger partial charge >= 0.3 is 0 Å². The van der Waals surface area contributed by atoms with E-state index in [1.807, 2.05) is 6.07 Å². The molecule has 3 aromatic rings. The highest BCUT2D eigenvalue weighted by molar-refractivity contribution is 8.00. The van der Waals surface area contributed by atoms with Crippen molar-refractivity contribution in [2.45, 2.75) is 35.5 Å². The van der Waals surface area contributed by atoms with E-state index in [-0.39, 0.29) is 40.1 Å². The smallest absolute Gasteiger partial charge is 0.247 e. The van der Waals surface area contributed by atoms with E-state index in [1.54, 1.807) is 18.2 Å². The molecule has 1 aliphatic heterocycles. The monoisotopic (exact) mass is 587 g/mol. The standard InChI is InChI=1S/C29H19Cl2N5O3S/c30-21-2-1-3-22(31)18(21)10-11-23(37)15-6-8-17(9-7-15)36-25(38)12-24(29(36)39)40-28-20(14-33)26(16-4-5-16)19(13-32)27(34)35-28/h1-3,6-11,16,24H,4-5,12H2,(H2,34,35)/b11-10+. The molecule has 0 bridgehead atoms. The Labute approximate surface area is 244 Å². The largest absolute Gasteiger partial charge is 0.383 e. The topological polar surface area (TPSA) is 141 Å². The van der Waals surface area contributed by atoms with Gasteiger partial charge < -0.3 is 5.73 Å². The first kappa shape index (κ1) is 27.4. The number of ketones is 1. The molecule has 40 heavy (non-hydrogen) atoms. The first-order valence-corrected chi connectivity index (χ1v) is 13.8. The van der Waals surface area contributed by atoms with Gasteiger partial charge in [0.15, 0.2) is 5.78 Å². The molecule has 1 atom stereocenters. The number of thioether (sulfide) groups is 1. The lowest BCUT2D eigenvalue weighted by Gasteiger charge is -2.16. The molecule has 1 saturated carbocycles. The average molecular weight is 588 g/mol. The van der Waals surface area contributed by atoms with Gasteiger partial charge in [-0.2, -0.15) is 10.5 Å². The molecule has 11 heteroatoms. The summed E-state index contributed by atoms with van der Waals surface area (Å²) < 4.78 is 0. The molecule has 1 unspecified atom stereocenters. The van der Waals surface area contributed by atoms with Crippen LogP contribution in [0, 0.1) is 22.7 Å². The summed E-state index contributed by atoms with van der Waals surface area (Å²) in [5.41, 5.74) is 8.20. The molecule has 5 rings (SSSR count). The molecule has 2 aromatic carbocycles. The summed E-state index contributed by atoms with van der Waals surface area (Å²) in [4.78, 5) is 44.1. The molecule has 0 spiro atoms. The molecule has 0 radical (unpaired) electrons. The van der Waals surface area contributed by atoms with Gasteiger partial charge in [0.1, 0.15) is 23.0 Å². The maximum Gasteiger partial charge on any atom is 0.247 e. The zero-order chi connectivity index (χ0) is 28.6. The second-order valence-electron chi connectivity index (χ2n) is 9.22. The van der Waals surface area contributed by atoms with Crippen LogP contribution in [0.25, 0.3) is 6.08 Å². The highest BCUT2D eigenvalue weighted by Crippen LogP contribution is 2.47. The van der Waals surface area contributed by atoms with Crippen molar-refractivity contribution in [3.8, 4) is 12.1 Å². The van der Waals surface area contributed by atoms with Crippen molar-refractivity contribution < 1.29 is 14.4 Å². The van der Waals surface area contributed by atoms with Crippen LogP contribution in [0.2, 0.25) is 10.0 Å². The first-order valence-electron chi connectivity index (χ1n) is 12.2. The summed E-state index contributed by atoms with van der Waals surface area (Å²) in [6.07, 6.45) is 4.46. The predicted molar refractivity (Wildman–Crippen MR) is 153 cm³/mol. The number of nitrogens with two attached hydrogens (primary N) is 1. The van der Waals surface area contributed by atoms with Crippen molar-refractivity contribution in [1.29, 1.82) is 10.5 Å². The number of nitrogen functional groups attached to an aromatic ring is 1. The SMILES string of the molecule is N#Cc1c(N)nc(SC2CC(=O)N(c3ccc(C(=O)/C=C/c4c(Cl)cccc4Cl)cc3)C2=O)c(C#N)c1C1CC1. The maximum atomic E-state index is 13.3. The van der Waals surface area contributed by atoms with Gasteiger partial charge in [-0.3, -0.25) is 14.4 Å². The molecule has 2 amide bonds. The number of hydrogen-bond donors (Lipinski definition) is 1. The van der Waals surface area contributed by atoms with E-state index in [0.717, 1.165) is 29.5 Å². The third-order valence-electron chi connectivity index (χ3n) is 6.61. The second-order valence-corrected chi connectivity index (χ2v) is 11.2. The van der Waals surface area contributed by atoms with Crippen molar-refractivity contribution in [1.82, 2.24) is 4.98 Å². The highest BCUT2D eigenvalue weighted by Gasteiger charge is 2.42. The number of amides is 2. The summed E-state index contributed by atoms with van der Waals surface area (Å²) >= 11 is 13.3. The molecule has 1 aromatic heterocycles. The van der Waals surface area contributed by atoms with Gasteiger partial charge in [-0.05, 0) is 72.9 Å². The van der Waals surface area contributed by atoms with Gasteiger partial charge in [0.05, 0.1) is 22.1 Å². The molecular formula is C29H19Cl2N5O3S. The number of carbonyl (C=O) groups is 3. The summed E-state index contributed by atoms with van der Waals surface area (Å²) in [5, 5.41) is 19.6. The van der Waals surface area contributed by atoms with E-state index in [2.05, 4.69) is 11.1 Å². The Balaban J connectivity index is 1.34. The molecule has 8 nitrogen and oxygen atoms in total.